The van der Waals surface area contributed by atoms with Crippen LogP contribution in [0.1, 0.15) is 41.1 Å². The highest BCUT2D eigenvalue weighted by Gasteiger charge is 2.36. The molecule has 1 aliphatic carbocycles. The SMILES string of the molecule is CCOC(=O)c1coc2c1C(O)CC(C(F)F)C2. The number of ether oxygens (including phenoxy) is 1. The molecule has 1 aromatic heterocycles. The van der Waals surface area contributed by atoms with Crippen LogP contribution < -0.4 is 0 Å². The number of aliphatic hydroxyl groups is 1. The maximum absolute atomic E-state index is 12.6. The fourth-order valence-electron chi connectivity index (χ4n) is 2.22. The highest BCUT2D eigenvalue weighted by Crippen LogP contribution is 2.39. The topological polar surface area (TPSA) is 59.7 Å². The Morgan fingerprint density at radius 1 is 1.67 bits per heavy atom. The van der Waals surface area contributed by atoms with Gasteiger partial charge in [-0.15, -0.1) is 0 Å². The first kappa shape index (κ1) is 13.0. The van der Waals surface area contributed by atoms with Gasteiger partial charge in [0.25, 0.3) is 0 Å². The Morgan fingerprint density at radius 3 is 3.00 bits per heavy atom. The summed E-state index contributed by atoms with van der Waals surface area (Å²) in [4.78, 5) is 11.6. The van der Waals surface area contributed by atoms with Crippen molar-refractivity contribution in [3.05, 3.63) is 23.2 Å². The molecule has 0 saturated carbocycles. The Morgan fingerprint density at radius 2 is 2.39 bits per heavy atom. The summed E-state index contributed by atoms with van der Waals surface area (Å²) in [6, 6.07) is 0. The van der Waals surface area contributed by atoms with Crippen LogP contribution in [0.4, 0.5) is 8.78 Å². The van der Waals surface area contributed by atoms with E-state index >= 15 is 0 Å². The van der Waals surface area contributed by atoms with Gasteiger partial charge in [-0.1, -0.05) is 0 Å². The summed E-state index contributed by atoms with van der Waals surface area (Å²) >= 11 is 0. The normalized spacial score (nSPS) is 22.9. The predicted molar refractivity (Wildman–Crippen MR) is 57.4 cm³/mol. The van der Waals surface area contributed by atoms with Crippen molar-refractivity contribution in [3.63, 3.8) is 0 Å². The number of rotatable bonds is 3. The average molecular weight is 260 g/mol. The molecular weight excluding hydrogens is 246 g/mol. The molecule has 0 fully saturated rings. The van der Waals surface area contributed by atoms with Gasteiger partial charge in [0.2, 0.25) is 6.43 Å². The van der Waals surface area contributed by atoms with E-state index in [9.17, 15) is 18.7 Å². The first-order valence-corrected chi connectivity index (χ1v) is 5.78. The van der Waals surface area contributed by atoms with E-state index in [0.717, 1.165) is 0 Å². The van der Waals surface area contributed by atoms with Crippen molar-refractivity contribution >= 4 is 5.97 Å². The summed E-state index contributed by atoms with van der Waals surface area (Å²) < 4.78 is 35.2. The highest BCUT2D eigenvalue weighted by atomic mass is 19.3. The van der Waals surface area contributed by atoms with Gasteiger partial charge >= 0.3 is 5.97 Å². The molecule has 0 aromatic carbocycles. The lowest BCUT2D eigenvalue weighted by atomic mass is 9.85. The minimum Gasteiger partial charge on any atom is -0.468 e. The summed E-state index contributed by atoms with van der Waals surface area (Å²) in [5.74, 6) is -1.28. The van der Waals surface area contributed by atoms with Gasteiger partial charge in [-0.05, 0) is 13.3 Å². The van der Waals surface area contributed by atoms with Crippen LogP contribution in [-0.2, 0) is 11.2 Å². The van der Waals surface area contributed by atoms with Crippen molar-refractivity contribution in [1.82, 2.24) is 0 Å². The Balaban J connectivity index is 2.28. The first-order valence-electron chi connectivity index (χ1n) is 5.78. The monoisotopic (exact) mass is 260 g/mol. The third-order valence-electron chi connectivity index (χ3n) is 3.07. The Bertz CT molecular complexity index is 441. The molecule has 4 nitrogen and oxygen atoms in total. The lowest BCUT2D eigenvalue weighted by Gasteiger charge is -2.25. The second-order valence-electron chi connectivity index (χ2n) is 4.26. The Kier molecular flexibility index (Phi) is 3.65. The molecular formula is C12H14F2O4. The molecule has 0 bridgehead atoms. The van der Waals surface area contributed by atoms with Gasteiger partial charge in [0, 0.05) is 17.9 Å². The fourth-order valence-corrected chi connectivity index (χ4v) is 2.22. The second-order valence-corrected chi connectivity index (χ2v) is 4.26. The number of fused-ring (bicyclic) bond motifs is 1. The molecule has 0 amide bonds. The lowest BCUT2D eigenvalue weighted by Crippen LogP contribution is -2.24. The van der Waals surface area contributed by atoms with Gasteiger partial charge < -0.3 is 14.3 Å². The molecule has 0 saturated heterocycles. The van der Waals surface area contributed by atoms with Crippen molar-refractivity contribution in [2.75, 3.05) is 6.61 Å². The number of alkyl halides is 2. The number of carbonyl (C=O) groups is 1. The average Bonchev–Trinajstić information content (AvgIpc) is 2.73. The Labute approximate surface area is 103 Å². The van der Waals surface area contributed by atoms with Crippen LogP contribution in [0.15, 0.2) is 10.7 Å². The molecule has 2 unspecified atom stereocenters. The number of esters is 1. The van der Waals surface area contributed by atoms with Crippen LogP contribution in [0.3, 0.4) is 0 Å². The molecule has 2 atom stereocenters. The minimum atomic E-state index is -2.51. The van der Waals surface area contributed by atoms with Gasteiger partial charge in [-0.25, -0.2) is 13.6 Å². The van der Waals surface area contributed by atoms with Crippen LogP contribution >= 0.6 is 0 Å². The summed E-state index contributed by atoms with van der Waals surface area (Å²) in [6.07, 6.45) is -2.49. The zero-order chi connectivity index (χ0) is 13.3. The van der Waals surface area contributed by atoms with E-state index in [4.69, 9.17) is 9.15 Å². The van der Waals surface area contributed by atoms with E-state index in [2.05, 4.69) is 0 Å². The molecule has 1 aromatic rings. The Hall–Kier alpha value is -1.43. The van der Waals surface area contributed by atoms with Crippen molar-refractivity contribution in [1.29, 1.82) is 0 Å². The van der Waals surface area contributed by atoms with Crippen LogP contribution in [0.5, 0.6) is 0 Å². The van der Waals surface area contributed by atoms with E-state index in [-0.39, 0.29) is 30.8 Å². The van der Waals surface area contributed by atoms with Crippen molar-refractivity contribution in [2.45, 2.75) is 32.3 Å². The largest absolute Gasteiger partial charge is 0.468 e. The smallest absolute Gasteiger partial charge is 0.341 e. The van der Waals surface area contributed by atoms with Gasteiger partial charge in [0.15, 0.2) is 0 Å². The first-order chi connectivity index (χ1) is 8.54. The molecule has 100 valence electrons. The summed E-state index contributed by atoms with van der Waals surface area (Å²) in [5, 5.41) is 9.87. The molecule has 0 radical (unpaired) electrons. The maximum atomic E-state index is 12.6. The molecule has 18 heavy (non-hydrogen) atoms. The van der Waals surface area contributed by atoms with Crippen LogP contribution in [0.25, 0.3) is 0 Å². The van der Waals surface area contributed by atoms with E-state index in [1.165, 1.54) is 6.26 Å². The lowest BCUT2D eigenvalue weighted by molar-refractivity contribution is 0.0254. The molecule has 0 spiro atoms. The molecule has 1 N–H and O–H groups in total. The zero-order valence-corrected chi connectivity index (χ0v) is 9.86. The van der Waals surface area contributed by atoms with Crippen molar-refractivity contribution in [2.24, 2.45) is 5.92 Å². The summed E-state index contributed by atoms with van der Waals surface area (Å²) in [7, 11) is 0. The van der Waals surface area contributed by atoms with Gasteiger partial charge in [-0.3, -0.25) is 0 Å². The zero-order valence-electron chi connectivity index (χ0n) is 9.86. The van der Waals surface area contributed by atoms with Gasteiger partial charge in [0.1, 0.15) is 17.6 Å². The summed E-state index contributed by atoms with van der Waals surface area (Å²) in [6.45, 7) is 1.86. The third-order valence-corrected chi connectivity index (χ3v) is 3.07. The number of halogens is 2. The molecule has 1 aliphatic rings. The molecule has 2 rings (SSSR count). The number of hydrogen-bond acceptors (Lipinski definition) is 4. The fraction of sp³-hybridized carbons (Fsp3) is 0.583. The second kappa shape index (κ2) is 5.06. The number of carbonyl (C=O) groups excluding carboxylic acids is 1. The van der Waals surface area contributed by atoms with Crippen LogP contribution in [0, 0.1) is 5.92 Å². The highest BCUT2D eigenvalue weighted by molar-refractivity contribution is 5.91. The molecule has 0 aliphatic heterocycles. The number of hydrogen-bond donors (Lipinski definition) is 1. The van der Waals surface area contributed by atoms with E-state index in [1.54, 1.807) is 6.92 Å². The molecule has 6 heteroatoms. The standard InChI is InChI=1S/C12H14F2O4/c1-2-17-12(16)7-5-18-9-4-6(11(13)14)3-8(15)10(7)9/h5-6,8,11,15H,2-4H2,1H3. The number of furan rings is 1. The molecule has 1 heterocycles. The van der Waals surface area contributed by atoms with E-state index in [0.29, 0.717) is 5.56 Å². The van der Waals surface area contributed by atoms with Crippen molar-refractivity contribution in [3.8, 4) is 0 Å². The maximum Gasteiger partial charge on any atom is 0.341 e. The van der Waals surface area contributed by atoms with E-state index in [1.807, 2.05) is 0 Å². The van der Waals surface area contributed by atoms with Crippen LogP contribution in [-0.4, -0.2) is 24.1 Å². The number of aliphatic hydroxyl groups excluding tert-OH is 1. The summed E-state index contributed by atoms with van der Waals surface area (Å²) in [5.41, 5.74) is 0.428. The third kappa shape index (κ3) is 2.25. The quantitative estimate of drug-likeness (QED) is 0.847. The van der Waals surface area contributed by atoms with Gasteiger partial charge in [0.05, 0.1) is 12.7 Å². The van der Waals surface area contributed by atoms with E-state index < -0.39 is 24.4 Å². The van der Waals surface area contributed by atoms with Crippen LogP contribution in [0.2, 0.25) is 0 Å². The minimum absolute atomic E-state index is 0.0312. The van der Waals surface area contributed by atoms with Crippen molar-refractivity contribution < 1.29 is 27.8 Å². The van der Waals surface area contributed by atoms with Gasteiger partial charge in [-0.2, -0.15) is 0 Å². The predicted octanol–water partition coefficient (Wildman–Crippen LogP) is 2.32.